The standard InChI is InChI=1S/C16H14O4/c1-10-2-4-11(5-3-10)14(16(19)20)8-12-6-7-13(17)9-15(12)18/h2-9,17-18H,1H3,(H,19,20)/b14-8-. The number of aryl methyl sites for hydroxylation is 1. The highest BCUT2D eigenvalue weighted by Crippen LogP contribution is 2.27. The van der Waals surface area contributed by atoms with E-state index < -0.39 is 5.97 Å². The summed E-state index contributed by atoms with van der Waals surface area (Å²) in [6.07, 6.45) is 1.38. The molecule has 0 unspecified atom stereocenters. The van der Waals surface area contributed by atoms with Gasteiger partial charge in [-0.05, 0) is 30.7 Å². The molecule has 0 atom stereocenters. The van der Waals surface area contributed by atoms with Crippen molar-refractivity contribution in [3.63, 3.8) is 0 Å². The van der Waals surface area contributed by atoms with Crippen molar-refractivity contribution in [3.8, 4) is 11.5 Å². The number of hydrogen-bond donors (Lipinski definition) is 3. The Bertz CT molecular complexity index is 669. The highest BCUT2D eigenvalue weighted by molar-refractivity contribution is 6.20. The number of benzene rings is 2. The third kappa shape index (κ3) is 2.98. The summed E-state index contributed by atoms with van der Waals surface area (Å²) in [5.41, 5.74) is 1.99. The fourth-order valence-electron chi connectivity index (χ4n) is 1.81. The van der Waals surface area contributed by atoms with Crippen molar-refractivity contribution < 1.29 is 20.1 Å². The number of aromatic hydroxyl groups is 2. The van der Waals surface area contributed by atoms with Crippen LogP contribution >= 0.6 is 0 Å². The van der Waals surface area contributed by atoms with Crippen molar-refractivity contribution in [3.05, 3.63) is 59.2 Å². The summed E-state index contributed by atoms with van der Waals surface area (Å²) in [5, 5.41) is 28.3. The smallest absolute Gasteiger partial charge is 0.336 e. The van der Waals surface area contributed by atoms with E-state index in [-0.39, 0.29) is 17.1 Å². The second-order valence-electron chi connectivity index (χ2n) is 4.47. The number of carbonyl (C=O) groups is 1. The van der Waals surface area contributed by atoms with E-state index >= 15 is 0 Å². The van der Waals surface area contributed by atoms with E-state index in [4.69, 9.17) is 0 Å². The Balaban J connectivity index is 2.50. The summed E-state index contributed by atoms with van der Waals surface area (Å²) >= 11 is 0. The Morgan fingerprint density at radius 1 is 1.05 bits per heavy atom. The second-order valence-corrected chi connectivity index (χ2v) is 4.47. The van der Waals surface area contributed by atoms with Crippen LogP contribution in [0.25, 0.3) is 11.6 Å². The maximum absolute atomic E-state index is 11.4. The quantitative estimate of drug-likeness (QED) is 0.591. The molecule has 0 aliphatic heterocycles. The van der Waals surface area contributed by atoms with Crippen molar-refractivity contribution in [2.45, 2.75) is 6.92 Å². The summed E-state index contributed by atoms with van der Waals surface area (Å²) in [6, 6.07) is 11.1. The fourth-order valence-corrected chi connectivity index (χ4v) is 1.81. The third-order valence-corrected chi connectivity index (χ3v) is 2.91. The number of aliphatic carboxylic acids is 1. The van der Waals surface area contributed by atoms with Crippen LogP contribution in [0.3, 0.4) is 0 Å². The Hall–Kier alpha value is -2.75. The number of carboxylic acid groups (broad SMARTS) is 1. The van der Waals surface area contributed by atoms with Crippen molar-refractivity contribution in [2.24, 2.45) is 0 Å². The second kappa shape index (κ2) is 5.48. The molecule has 0 heterocycles. The molecule has 0 fully saturated rings. The zero-order valence-electron chi connectivity index (χ0n) is 10.9. The first-order chi connectivity index (χ1) is 9.47. The van der Waals surface area contributed by atoms with Crippen molar-refractivity contribution >= 4 is 17.6 Å². The van der Waals surface area contributed by atoms with Crippen LogP contribution in [0.5, 0.6) is 11.5 Å². The van der Waals surface area contributed by atoms with Crippen LogP contribution in [0.2, 0.25) is 0 Å². The average molecular weight is 270 g/mol. The van der Waals surface area contributed by atoms with E-state index in [0.29, 0.717) is 11.1 Å². The molecule has 0 spiro atoms. The number of hydrogen-bond acceptors (Lipinski definition) is 3. The normalized spacial score (nSPS) is 11.3. The lowest BCUT2D eigenvalue weighted by atomic mass is 10.0. The molecule has 0 amide bonds. The first-order valence-electron chi connectivity index (χ1n) is 6.01. The van der Waals surface area contributed by atoms with E-state index in [0.717, 1.165) is 5.56 Å². The van der Waals surface area contributed by atoms with Crippen LogP contribution in [-0.4, -0.2) is 21.3 Å². The van der Waals surface area contributed by atoms with Gasteiger partial charge in [-0.15, -0.1) is 0 Å². The first-order valence-corrected chi connectivity index (χ1v) is 6.01. The van der Waals surface area contributed by atoms with Gasteiger partial charge in [0.05, 0.1) is 5.57 Å². The molecule has 4 nitrogen and oxygen atoms in total. The van der Waals surface area contributed by atoms with E-state index in [1.165, 1.54) is 24.3 Å². The molecule has 0 radical (unpaired) electrons. The molecular weight excluding hydrogens is 256 g/mol. The van der Waals surface area contributed by atoms with Gasteiger partial charge >= 0.3 is 5.97 Å². The molecule has 0 saturated heterocycles. The van der Waals surface area contributed by atoms with Gasteiger partial charge in [0.15, 0.2) is 0 Å². The highest BCUT2D eigenvalue weighted by atomic mass is 16.4. The minimum atomic E-state index is -1.08. The Morgan fingerprint density at radius 2 is 1.70 bits per heavy atom. The molecule has 20 heavy (non-hydrogen) atoms. The maximum Gasteiger partial charge on any atom is 0.336 e. The van der Waals surface area contributed by atoms with Crippen molar-refractivity contribution in [2.75, 3.05) is 0 Å². The molecule has 0 saturated carbocycles. The number of carboxylic acids is 1. The Labute approximate surface area is 116 Å². The van der Waals surface area contributed by atoms with Gasteiger partial charge in [-0.2, -0.15) is 0 Å². The number of phenols is 2. The molecule has 3 N–H and O–H groups in total. The SMILES string of the molecule is Cc1ccc(/C(=C/c2ccc(O)cc2O)C(=O)O)cc1. The molecule has 4 heteroatoms. The predicted molar refractivity (Wildman–Crippen MR) is 76.5 cm³/mol. The molecule has 0 aliphatic rings. The molecule has 0 bridgehead atoms. The third-order valence-electron chi connectivity index (χ3n) is 2.91. The van der Waals surface area contributed by atoms with Crippen LogP contribution in [0.4, 0.5) is 0 Å². The largest absolute Gasteiger partial charge is 0.508 e. The Morgan fingerprint density at radius 3 is 2.25 bits per heavy atom. The van der Waals surface area contributed by atoms with E-state index in [1.54, 1.807) is 12.1 Å². The van der Waals surface area contributed by atoms with Crippen LogP contribution in [-0.2, 0) is 4.79 Å². The summed E-state index contributed by atoms with van der Waals surface area (Å²) in [5.74, 6) is -1.33. The van der Waals surface area contributed by atoms with Gasteiger partial charge < -0.3 is 15.3 Å². The topological polar surface area (TPSA) is 77.8 Å². The zero-order chi connectivity index (χ0) is 14.7. The lowest BCUT2D eigenvalue weighted by Crippen LogP contribution is -1.99. The van der Waals surface area contributed by atoms with Gasteiger partial charge in [-0.3, -0.25) is 0 Å². The van der Waals surface area contributed by atoms with E-state index in [1.807, 2.05) is 19.1 Å². The van der Waals surface area contributed by atoms with Crippen LogP contribution in [0.1, 0.15) is 16.7 Å². The summed E-state index contributed by atoms with van der Waals surface area (Å²) in [7, 11) is 0. The molecule has 2 aromatic rings. The van der Waals surface area contributed by atoms with Gasteiger partial charge in [-0.1, -0.05) is 29.8 Å². The van der Waals surface area contributed by atoms with Gasteiger partial charge in [0.2, 0.25) is 0 Å². The average Bonchev–Trinajstić information content (AvgIpc) is 2.39. The summed E-state index contributed by atoms with van der Waals surface area (Å²) in [4.78, 5) is 11.4. The number of rotatable bonds is 3. The maximum atomic E-state index is 11.4. The van der Waals surface area contributed by atoms with Gasteiger partial charge in [-0.25, -0.2) is 4.79 Å². The van der Waals surface area contributed by atoms with Gasteiger partial charge in [0.25, 0.3) is 0 Å². The molecular formula is C16H14O4. The van der Waals surface area contributed by atoms with Gasteiger partial charge in [0.1, 0.15) is 11.5 Å². The lowest BCUT2D eigenvalue weighted by molar-refractivity contribution is -0.130. The minimum absolute atomic E-state index is 0.0750. The lowest BCUT2D eigenvalue weighted by Gasteiger charge is -2.05. The van der Waals surface area contributed by atoms with E-state index in [9.17, 15) is 20.1 Å². The van der Waals surface area contributed by atoms with Crippen molar-refractivity contribution in [1.29, 1.82) is 0 Å². The molecule has 2 aromatic carbocycles. The summed E-state index contributed by atoms with van der Waals surface area (Å²) in [6.45, 7) is 1.92. The minimum Gasteiger partial charge on any atom is -0.508 e. The fraction of sp³-hybridized carbons (Fsp3) is 0.0625. The highest BCUT2D eigenvalue weighted by Gasteiger charge is 2.11. The van der Waals surface area contributed by atoms with Gasteiger partial charge in [0, 0.05) is 11.6 Å². The molecule has 102 valence electrons. The summed E-state index contributed by atoms with van der Waals surface area (Å²) < 4.78 is 0. The molecule has 2 rings (SSSR count). The first kappa shape index (κ1) is 13.7. The van der Waals surface area contributed by atoms with E-state index in [2.05, 4.69) is 0 Å². The van der Waals surface area contributed by atoms with Crippen molar-refractivity contribution in [1.82, 2.24) is 0 Å². The molecule has 0 aromatic heterocycles. The van der Waals surface area contributed by atoms with Crippen LogP contribution in [0.15, 0.2) is 42.5 Å². The number of phenolic OH excluding ortho intramolecular Hbond substituents is 2. The zero-order valence-corrected chi connectivity index (χ0v) is 10.9. The Kier molecular flexibility index (Phi) is 3.75. The monoisotopic (exact) mass is 270 g/mol. The molecule has 0 aliphatic carbocycles. The van der Waals surface area contributed by atoms with Crippen LogP contribution in [0, 0.1) is 6.92 Å². The predicted octanol–water partition coefficient (Wildman–Crippen LogP) is 3.03. The van der Waals surface area contributed by atoms with Crippen LogP contribution < -0.4 is 0 Å².